The number of benzene rings is 1. The maximum absolute atomic E-state index is 13.6. The van der Waals surface area contributed by atoms with E-state index in [-0.39, 0.29) is 18.3 Å². The highest BCUT2D eigenvalue weighted by Crippen LogP contribution is 2.47. The summed E-state index contributed by atoms with van der Waals surface area (Å²) in [7, 11) is 2.82. The average Bonchev–Trinajstić information content (AvgIpc) is 2.76. The Hall–Kier alpha value is -3.09. The molecule has 1 aromatic rings. The number of carbonyl (C=O) groups excluding carboxylic acids is 3. The van der Waals surface area contributed by atoms with Crippen LogP contribution in [-0.2, 0) is 23.9 Å². The standard InChI is InChI=1S/C24H29NO6/c1-6-11-31-24(28)19-14(3)25-16-12-13(2)18(23(27)30-5)22(26)21(16)20(19)15-9-7-8-10-17(15)29-4/h7-10,13,18,20,25H,6,11-12H2,1-5H3. The summed E-state index contributed by atoms with van der Waals surface area (Å²) in [5, 5.41) is 3.25. The van der Waals surface area contributed by atoms with Crippen LogP contribution < -0.4 is 10.1 Å². The van der Waals surface area contributed by atoms with Crippen molar-refractivity contribution >= 4 is 17.7 Å². The molecule has 2 aliphatic rings. The number of hydrogen-bond donors (Lipinski definition) is 1. The zero-order valence-corrected chi connectivity index (χ0v) is 18.6. The van der Waals surface area contributed by atoms with Gasteiger partial charge in [-0.2, -0.15) is 0 Å². The minimum Gasteiger partial charge on any atom is -0.496 e. The second-order valence-electron chi connectivity index (χ2n) is 7.91. The normalized spacial score (nSPS) is 23.1. The van der Waals surface area contributed by atoms with E-state index in [0.29, 0.717) is 41.0 Å². The van der Waals surface area contributed by atoms with Crippen molar-refractivity contribution in [2.75, 3.05) is 20.8 Å². The van der Waals surface area contributed by atoms with Crippen LogP contribution in [0.25, 0.3) is 0 Å². The first kappa shape index (κ1) is 22.6. The minimum absolute atomic E-state index is 0.231. The smallest absolute Gasteiger partial charge is 0.336 e. The zero-order valence-electron chi connectivity index (χ0n) is 18.6. The van der Waals surface area contributed by atoms with Crippen LogP contribution in [0, 0.1) is 11.8 Å². The molecule has 0 fully saturated rings. The molecule has 0 spiro atoms. The van der Waals surface area contributed by atoms with Gasteiger partial charge in [0.25, 0.3) is 0 Å². The van der Waals surface area contributed by atoms with Crippen LogP contribution in [0.5, 0.6) is 5.75 Å². The monoisotopic (exact) mass is 427 g/mol. The molecule has 0 saturated heterocycles. The third-order valence-electron chi connectivity index (χ3n) is 5.85. The Labute approximate surface area is 182 Å². The van der Waals surface area contributed by atoms with Crippen LogP contribution in [0.1, 0.15) is 45.1 Å². The lowest BCUT2D eigenvalue weighted by Crippen LogP contribution is -2.43. The van der Waals surface area contributed by atoms with Crippen molar-refractivity contribution < 1.29 is 28.6 Å². The Morgan fingerprint density at radius 1 is 1.19 bits per heavy atom. The molecule has 1 heterocycles. The molecule has 7 nitrogen and oxygen atoms in total. The number of dihydropyridines is 1. The lowest BCUT2D eigenvalue weighted by molar-refractivity contribution is -0.151. The third kappa shape index (κ3) is 4.09. The first-order valence-electron chi connectivity index (χ1n) is 10.5. The number of para-hydroxylation sites is 1. The highest BCUT2D eigenvalue weighted by molar-refractivity contribution is 6.12. The van der Waals surface area contributed by atoms with E-state index in [2.05, 4.69) is 5.32 Å². The van der Waals surface area contributed by atoms with Gasteiger partial charge in [-0.3, -0.25) is 9.59 Å². The summed E-state index contributed by atoms with van der Waals surface area (Å²) in [6.45, 7) is 5.85. The number of ether oxygens (including phenoxy) is 3. The average molecular weight is 427 g/mol. The van der Waals surface area contributed by atoms with Gasteiger partial charge in [-0.15, -0.1) is 0 Å². The highest BCUT2D eigenvalue weighted by Gasteiger charge is 2.47. The molecular weight excluding hydrogens is 398 g/mol. The molecule has 0 aromatic heterocycles. The van der Waals surface area contributed by atoms with Crippen LogP contribution in [0.15, 0.2) is 46.8 Å². The Morgan fingerprint density at radius 2 is 1.90 bits per heavy atom. The fourth-order valence-electron chi connectivity index (χ4n) is 4.44. The number of rotatable bonds is 6. The van der Waals surface area contributed by atoms with E-state index in [1.807, 2.05) is 32.0 Å². The van der Waals surface area contributed by atoms with Crippen molar-refractivity contribution in [3.8, 4) is 5.75 Å². The number of Topliss-reactive ketones (excluding diaryl/α,β-unsaturated/α-hetero) is 1. The Kier molecular flexibility index (Phi) is 6.83. The van der Waals surface area contributed by atoms with Gasteiger partial charge in [0.1, 0.15) is 11.7 Å². The maximum atomic E-state index is 13.6. The van der Waals surface area contributed by atoms with E-state index < -0.39 is 23.8 Å². The number of nitrogens with one attached hydrogen (secondary N) is 1. The predicted octanol–water partition coefficient (Wildman–Crippen LogP) is 3.26. The predicted molar refractivity (Wildman–Crippen MR) is 114 cm³/mol. The van der Waals surface area contributed by atoms with Gasteiger partial charge in [-0.05, 0) is 31.7 Å². The number of carbonyl (C=O) groups is 3. The summed E-state index contributed by atoms with van der Waals surface area (Å²) in [5.41, 5.74) is 2.77. The van der Waals surface area contributed by atoms with Gasteiger partial charge < -0.3 is 19.5 Å². The second kappa shape index (κ2) is 9.37. The molecule has 1 N–H and O–H groups in total. The summed E-state index contributed by atoms with van der Waals surface area (Å²) < 4.78 is 15.9. The molecule has 1 aromatic carbocycles. The first-order valence-corrected chi connectivity index (χ1v) is 10.5. The SMILES string of the molecule is CCCOC(=O)C1=C(C)NC2=C(C(=O)C(C(=O)OC)C(C)C2)C1c1ccccc1OC. The quantitative estimate of drug-likeness (QED) is 0.550. The van der Waals surface area contributed by atoms with Crippen LogP contribution in [0.2, 0.25) is 0 Å². The van der Waals surface area contributed by atoms with Gasteiger partial charge in [0.2, 0.25) is 0 Å². The third-order valence-corrected chi connectivity index (χ3v) is 5.85. The van der Waals surface area contributed by atoms with Crippen molar-refractivity contribution in [2.45, 2.75) is 39.5 Å². The van der Waals surface area contributed by atoms with Crippen molar-refractivity contribution in [1.82, 2.24) is 5.32 Å². The summed E-state index contributed by atoms with van der Waals surface area (Å²) in [4.78, 5) is 39.1. The van der Waals surface area contributed by atoms with Gasteiger partial charge in [-0.25, -0.2) is 4.79 Å². The second-order valence-corrected chi connectivity index (χ2v) is 7.91. The maximum Gasteiger partial charge on any atom is 0.336 e. The van der Waals surface area contributed by atoms with Crippen molar-refractivity contribution in [3.05, 3.63) is 52.4 Å². The van der Waals surface area contributed by atoms with E-state index in [4.69, 9.17) is 14.2 Å². The van der Waals surface area contributed by atoms with Gasteiger partial charge in [0, 0.05) is 22.5 Å². The number of allylic oxidation sites excluding steroid dienone is 3. The van der Waals surface area contributed by atoms with E-state index in [0.717, 1.165) is 5.70 Å². The van der Waals surface area contributed by atoms with E-state index >= 15 is 0 Å². The zero-order chi connectivity index (χ0) is 22.7. The minimum atomic E-state index is -0.922. The van der Waals surface area contributed by atoms with Crippen molar-refractivity contribution in [1.29, 1.82) is 0 Å². The fraction of sp³-hybridized carbons (Fsp3) is 0.458. The molecule has 3 rings (SSSR count). The van der Waals surface area contributed by atoms with E-state index in [1.54, 1.807) is 20.1 Å². The molecule has 1 aliphatic carbocycles. The Balaban J connectivity index is 2.20. The largest absolute Gasteiger partial charge is 0.496 e. The van der Waals surface area contributed by atoms with Crippen LogP contribution >= 0.6 is 0 Å². The number of hydrogen-bond acceptors (Lipinski definition) is 7. The van der Waals surface area contributed by atoms with E-state index in [9.17, 15) is 14.4 Å². The summed E-state index contributed by atoms with van der Waals surface area (Å²) >= 11 is 0. The van der Waals surface area contributed by atoms with Gasteiger partial charge in [0.05, 0.1) is 32.3 Å². The molecule has 0 amide bonds. The molecule has 0 radical (unpaired) electrons. The summed E-state index contributed by atoms with van der Waals surface area (Å²) in [6.07, 6.45) is 1.17. The summed E-state index contributed by atoms with van der Waals surface area (Å²) in [6, 6.07) is 7.28. The molecule has 0 saturated carbocycles. The Morgan fingerprint density at radius 3 is 2.55 bits per heavy atom. The first-order chi connectivity index (χ1) is 14.8. The van der Waals surface area contributed by atoms with Crippen molar-refractivity contribution in [3.63, 3.8) is 0 Å². The van der Waals surface area contributed by atoms with Gasteiger partial charge in [0.15, 0.2) is 5.78 Å². The lowest BCUT2D eigenvalue weighted by Gasteiger charge is -2.38. The van der Waals surface area contributed by atoms with Crippen LogP contribution in [0.3, 0.4) is 0 Å². The number of esters is 2. The van der Waals surface area contributed by atoms with Gasteiger partial charge in [-0.1, -0.05) is 32.0 Å². The van der Waals surface area contributed by atoms with Crippen molar-refractivity contribution in [2.24, 2.45) is 11.8 Å². The van der Waals surface area contributed by atoms with Crippen LogP contribution in [-0.4, -0.2) is 38.5 Å². The topological polar surface area (TPSA) is 90.9 Å². The molecule has 3 atom stereocenters. The molecule has 3 unspecified atom stereocenters. The molecule has 0 bridgehead atoms. The van der Waals surface area contributed by atoms with Crippen LogP contribution in [0.4, 0.5) is 0 Å². The Bertz CT molecular complexity index is 961. The van der Waals surface area contributed by atoms with E-state index in [1.165, 1.54) is 7.11 Å². The fourth-order valence-corrected chi connectivity index (χ4v) is 4.44. The highest BCUT2D eigenvalue weighted by atomic mass is 16.5. The van der Waals surface area contributed by atoms with Gasteiger partial charge >= 0.3 is 11.9 Å². The molecule has 166 valence electrons. The molecule has 31 heavy (non-hydrogen) atoms. The molecule has 1 aliphatic heterocycles. The lowest BCUT2D eigenvalue weighted by atomic mass is 9.69. The number of methoxy groups -OCH3 is 2. The molecule has 7 heteroatoms. The number of ketones is 1. The summed E-state index contributed by atoms with van der Waals surface area (Å²) in [5.74, 6) is -2.70. The molecular formula is C24H29NO6.